The first-order valence-corrected chi connectivity index (χ1v) is 7.60. The van der Waals surface area contributed by atoms with E-state index in [9.17, 15) is 9.00 Å². The minimum atomic E-state index is -1.41. The molecule has 2 atom stereocenters. The second-order valence-electron chi connectivity index (χ2n) is 4.93. The van der Waals surface area contributed by atoms with Crippen molar-refractivity contribution in [1.82, 2.24) is 0 Å². The SMILES string of the molecule is CC(C(=O)OC(C)(C)C)S(=O)c1cccc(Br)c1. The van der Waals surface area contributed by atoms with Gasteiger partial charge in [-0.3, -0.25) is 9.00 Å². The van der Waals surface area contributed by atoms with E-state index < -0.39 is 27.6 Å². The monoisotopic (exact) mass is 332 g/mol. The molecule has 0 aliphatic heterocycles. The molecule has 0 heterocycles. The molecule has 1 aromatic rings. The van der Waals surface area contributed by atoms with Gasteiger partial charge >= 0.3 is 5.97 Å². The first-order valence-electron chi connectivity index (χ1n) is 5.60. The lowest BCUT2D eigenvalue weighted by molar-refractivity contribution is -0.153. The van der Waals surface area contributed by atoms with Gasteiger partial charge in [0.2, 0.25) is 0 Å². The van der Waals surface area contributed by atoms with Gasteiger partial charge < -0.3 is 4.74 Å². The normalized spacial score (nSPS) is 14.9. The summed E-state index contributed by atoms with van der Waals surface area (Å²) >= 11 is 3.31. The third-order valence-corrected chi connectivity index (χ3v) is 4.13. The molecule has 0 N–H and O–H groups in total. The van der Waals surface area contributed by atoms with Gasteiger partial charge in [0.1, 0.15) is 10.9 Å². The number of ether oxygens (including phenoxy) is 1. The molecule has 1 rings (SSSR count). The van der Waals surface area contributed by atoms with Crippen molar-refractivity contribution in [2.24, 2.45) is 0 Å². The van der Waals surface area contributed by atoms with Crippen LogP contribution in [-0.4, -0.2) is 21.0 Å². The number of esters is 1. The van der Waals surface area contributed by atoms with Crippen molar-refractivity contribution in [3.05, 3.63) is 28.7 Å². The maximum atomic E-state index is 12.2. The zero-order valence-electron chi connectivity index (χ0n) is 10.9. The lowest BCUT2D eigenvalue weighted by Crippen LogP contribution is -2.32. The smallest absolute Gasteiger partial charge is 0.322 e. The molecule has 0 amide bonds. The number of halogens is 1. The maximum absolute atomic E-state index is 12.2. The lowest BCUT2D eigenvalue weighted by atomic mass is 10.2. The van der Waals surface area contributed by atoms with E-state index in [0.717, 1.165) is 4.47 Å². The lowest BCUT2D eigenvalue weighted by Gasteiger charge is -2.22. The standard InChI is InChI=1S/C13H17BrO3S/c1-9(12(15)17-13(2,3)4)18(16)11-7-5-6-10(14)8-11/h5-9H,1-4H3. The number of benzene rings is 1. The second kappa shape index (κ2) is 5.97. The van der Waals surface area contributed by atoms with Gasteiger partial charge in [-0.15, -0.1) is 0 Å². The highest BCUT2D eigenvalue weighted by Crippen LogP contribution is 2.19. The predicted molar refractivity (Wildman–Crippen MR) is 75.9 cm³/mol. The fraction of sp³-hybridized carbons (Fsp3) is 0.462. The molecule has 0 spiro atoms. The summed E-state index contributed by atoms with van der Waals surface area (Å²) in [5, 5.41) is -0.682. The van der Waals surface area contributed by atoms with Crippen molar-refractivity contribution in [2.75, 3.05) is 0 Å². The van der Waals surface area contributed by atoms with Crippen LogP contribution >= 0.6 is 15.9 Å². The Hall–Kier alpha value is -0.680. The molecule has 100 valence electrons. The fourth-order valence-electron chi connectivity index (χ4n) is 1.27. The molecule has 5 heteroatoms. The summed E-state index contributed by atoms with van der Waals surface area (Å²) in [5.41, 5.74) is -0.563. The van der Waals surface area contributed by atoms with Crippen LogP contribution in [0.4, 0.5) is 0 Å². The van der Waals surface area contributed by atoms with E-state index in [-0.39, 0.29) is 0 Å². The number of hydrogen-bond acceptors (Lipinski definition) is 3. The van der Waals surface area contributed by atoms with Gasteiger partial charge in [0.05, 0.1) is 10.8 Å². The number of carbonyl (C=O) groups is 1. The Bertz CT molecular complexity index is 466. The molecule has 18 heavy (non-hydrogen) atoms. The average molecular weight is 333 g/mol. The number of rotatable bonds is 3. The molecule has 3 nitrogen and oxygen atoms in total. The Morgan fingerprint density at radius 1 is 1.39 bits per heavy atom. The highest BCUT2D eigenvalue weighted by atomic mass is 79.9. The van der Waals surface area contributed by atoms with Crippen LogP contribution in [0, 0.1) is 0 Å². The number of carbonyl (C=O) groups excluding carboxylic acids is 1. The zero-order chi connectivity index (χ0) is 13.9. The van der Waals surface area contributed by atoms with Crippen molar-refractivity contribution in [2.45, 2.75) is 43.4 Å². The van der Waals surface area contributed by atoms with Gasteiger partial charge in [-0.05, 0) is 45.9 Å². The predicted octanol–water partition coefficient (Wildman–Crippen LogP) is 3.29. The van der Waals surface area contributed by atoms with E-state index in [4.69, 9.17) is 4.74 Å². The van der Waals surface area contributed by atoms with Gasteiger partial charge in [-0.2, -0.15) is 0 Å². The molecule has 0 aliphatic rings. The summed E-state index contributed by atoms with van der Waals surface area (Å²) in [7, 11) is -1.41. The van der Waals surface area contributed by atoms with Crippen LogP contribution in [0.5, 0.6) is 0 Å². The summed E-state index contributed by atoms with van der Waals surface area (Å²) < 4.78 is 18.3. The Morgan fingerprint density at radius 2 is 2.00 bits per heavy atom. The number of hydrogen-bond donors (Lipinski definition) is 0. The van der Waals surface area contributed by atoms with E-state index >= 15 is 0 Å². The quantitative estimate of drug-likeness (QED) is 0.797. The Kier molecular flexibility index (Phi) is 5.10. The summed E-state index contributed by atoms with van der Waals surface area (Å²) in [6.45, 7) is 6.99. The molecule has 0 radical (unpaired) electrons. The topological polar surface area (TPSA) is 43.4 Å². The van der Waals surface area contributed by atoms with Crippen LogP contribution in [-0.2, 0) is 20.3 Å². The van der Waals surface area contributed by atoms with E-state index in [1.54, 1.807) is 45.9 Å². The second-order valence-corrected chi connectivity index (χ2v) is 7.62. The van der Waals surface area contributed by atoms with E-state index in [1.807, 2.05) is 6.07 Å². The van der Waals surface area contributed by atoms with Gasteiger partial charge in [0.25, 0.3) is 0 Å². The van der Waals surface area contributed by atoms with Gasteiger partial charge in [0, 0.05) is 9.37 Å². The van der Waals surface area contributed by atoms with Crippen LogP contribution in [0.15, 0.2) is 33.6 Å². The molecule has 0 saturated carbocycles. The Balaban J connectivity index is 2.81. The molecule has 0 saturated heterocycles. The largest absolute Gasteiger partial charge is 0.459 e. The molecule has 0 bridgehead atoms. The Morgan fingerprint density at radius 3 is 2.50 bits per heavy atom. The van der Waals surface area contributed by atoms with E-state index in [2.05, 4.69) is 15.9 Å². The molecular weight excluding hydrogens is 316 g/mol. The van der Waals surface area contributed by atoms with E-state index in [0.29, 0.717) is 4.90 Å². The van der Waals surface area contributed by atoms with Crippen molar-refractivity contribution < 1.29 is 13.7 Å². The van der Waals surface area contributed by atoms with Crippen molar-refractivity contribution in [1.29, 1.82) is 0 Å². The zero-order valence-corrected chi connectivity index (χ0v) is 13.3. The van der Waals surface area contributed by atoms with Gasteiger partial charge in [-0.1, -0.05) is 22.0 Å². The highest BCUT2D eigenvalue weighted by Gasteiger charge is 2.27. The van der Waals surface area contributed by atoms with Crippen molar-refractivity contribution in [3.63, 3.8) is 0 Å². The van der Waals surface area contributed by atoms with Crippen LogP contribution in [0.2, 0.25) is 0 Å². The average Bonchev–Trinajstić information content (AvgIpc) is 2.24. The summed E-state index contributed by atoms with van der Waals surface area (Å²) in [6.07, 6.45) is 0. The molecule has 0 aromatic heterocycles. The minimum Gasteiger partial charge on any atom is -0.459 e. The van der Waals surface area contributed by atoms with E-state index in [1.165, 1.54) is 0 Å². The third-order valence-electron chi connectivity index (χ3n) is 2.09. The first kappa shape index (κ1) is 15.4. The fourth-order valence-corrected chi connectivity index (χ4v) is 2.91. The van der Waals surface area contributed by atoms with Crippen molar-refractivity contribution in [3.8, 4) is 0 Å². The first-order chi connectivity index (χ1) is 8.20. The van der Waals surface area contributed by atoms with Crippen LogP contribution in [0.3, 0.4) is 0 Å². The Labute approximate surface area is 119 Å². The molecule has 0 fully saturated rings. The third kappa shape index (κ3) is 4.53. The molecular formula is C13H17BrO3S. The molecule has 2 unspecified atom stereocenters. The molecule has 0 aliphatic carbocycles. The summed E-state index contributed by atoms with van der Waals surface area (Å²) in [6, 6.07) is 7.12. The van der Waals surface area contributed by atoms with Crippen molar-refractivity contribution >= 4 is 32.7 Å². The highest BCUT2D eigenvalue weighted by molar-refractivity contribution is 9.10. The minimum absolute atomic E-state index is 0.444. The van der Waals surface area contributed by atoms with Crippen LogP contribution < -0.4 is 0 Å². The van der Waals surface area contributed by atoms with Gasteiger partial charge in [0.15, 0.2) is 0 Å². The molecule has 1 aromatic carbocycles. The van der Waals surface area contributed by atoms with Gasteiger partial charge in [-0.25, -0.2) is 0 Å². The summed E-state index contributed by atoms with van der Waals surface area (Å²) in [5.74, 6) is -0.444. The van der Waals surface area contributed by atoms with Crippen LogP contribution in [0.1, 0.15) is 27.7 Å². The van der Waals surface area contributed by atoms with Crippen LogP contribution in [0.25, 0.3) is 0 Å². The summed E-state index contributed by atoms with van der Waals surface area (Å²) in [4.78, 5) is 12.4. The maximum Gasteiger partial charge on any atom is 0.322 e.